The fourth-order valence-electron chi connectivity index (χ4n) is 2.66. The van der Waals surface area contributed by atoms with Crippen molar-refractivity contribution in [1.82, 2.24) is 20.0 Å². The van der Waals surface area contributed by atoms with Gasteiger partial charge in [0.2, 0.25) is 0 Å². The Morgan fingerprint density at radius 3 is 2.62 bits per heavy atom. The highest BCUT2D eigenvalue weighted by Gasteiger charge is 2.31. The van der Waals surface area contributed by atoms with Crippen molar-refractivity contribution >= 4 is 12.0 Å². The third-order valence-corrected chi connectivity index (χ3v) is 4.05. The summed E-state index contributed by atoms with van der Waals surface area (Å²) in [4.78, 5) is 26.5. The predicted molar refractivity (Wildman–Crippen MR) is 90.8 cm³/mol. The van der Waals surface area contributed by atoms with Crippen LogP contribution in [0.4, 0.5) is 4.79 Å². The molecule has 2 heterocycles. The number of nitrogens with zero attached hydrogens (tertiary/aromatic N) is 3. The first-order valence-corrected chi connectivity index (χ1v) is 8.46. The van der Waals surface area contributed by atoms with Gasteiger partial charge in [-0.05, 0) is 34.1 Å². The molecule has 2 rings (SSSR count). The first-order valence-electron chi connectivity index (χ1n) is 8.46. The molecule has 1 unspecified atom stereocenters. The number of carbonyl (C=O) groups excluding carboxylic acids is 2. The number of ether oxygens (including phenoxy) is 1. The van der Waals surface area contributed by atoms with Gasteiger partial charge in [0.25, 0.3) is 5.91 Å². The van der Waals surface area contributed by atoms with Crippen molar-refractivity contribution in [2.24, 2.45) is 7.05 Å². The highest BCUT2D eigenvalue weighted by molar-refractivity contribution is 5.94. The lowest BCUT2D eigenvalue weighted by Crippen LogP contribution is -2.40. The van der Waals surface area contributed by atoms with Crippen LogP contribution in [0.1, 0.15) is 62.8 Å². The number of hydrogen-bond acceptors (Lipinski definition) is 4. The Morgan fingerprint density at radius 1 is 1.38 bits per heavy atom. The Hall–Kier alpha value is -2.05. The first-order chi connectivity index (χ1) is 11.1. The van der Waals surface area contributed by atoms with Crippen LogP contribution >= 0.6 is 0 Å². The highest BCUT2D eigenvalue weighted by atomic mass is 16.6. The van der Waals surface area contributed by atoms with E-state index in [2.05, 4.69) is 10.4 Å². The number of amides is 2. The van der Waals surface area contributed by atoms with E-state index in [1.165, 1.54) is 0 Å². The van der Waals surface area contributed by atoms with Crippen molar-refractivity contribution in [3.8, 4) is 0 Å². The van der Waals surface area contributed by atoms with Gasteiger partial charge in [-0.2, -0.15) is 5.10 Å². The molecule has 2 amide bonds. The summed E-state index contributed by atoms with van der Waals surface area (Å²) in [6.07, 6.45) is 1.12. The molecule has 7 nitrogen and oxygen atoms in total. The Bertz CT molecular complexity index is 631. The van der Waals surface area contributed by atoms with Crippen LogP contribution in [0, 0.1) is 0 Å². The normalized spacial score (nSPS) is 15.7. The molecule has 1 N–H and O–H groups in total. The molecular formula is C17H28N4O3. The fourth-order valence-corrected chi connectivity index (χ4v) is 2.66. The third kappa shape index (κ3) is 4.07. The minimum atomic E-state index is -0.539. The molecule has 1 aliphatic rings. The zero-order valence-electron chi connectivity index (χ0n) is 15.5. The summed E-state index contributed by atoms with van der Waals surface area (Å²) in [5, 5.41) is 7.42. The molecule has 0 fully saturated rings. The Labute approximate surface area is 143 Å². The van der Waals surface area contributed by atoms with Crippen molar-refractivity contribution in [3.63, 3.8) is 0 Å². The second-order valence-corrected chi connectivity index (χ2v) is 7.33. The van der Waals surface area contributed by atoms with Crippen LogP contribution in [-0.4, -0.2) is 44.9 Å². The summed E-state index contributed by atoms with van der Waals surface area (Å²) in [5.74, 6) is -0.147. The first kappa shape index (κ1) is 18.3. The molecule has 24 heavy (non-hydrogen) atoms. The monoisotopic (exact) mass is 336 g/mol. The maximum atomic E-state index is 12.6. The summed E-state index contributed by atoms with van der Waals surface area (Å²) in [6, 6.07) is 0.0913. The number of carbonyl (C=O) groups is 2. The SMILES string of the molecule is CCC(C)NC(=O)c1c2c(nn1C)CCN(C(=O)OC(C)(C)C)C2. The van der Waals surface area contributed by atoms with Crippen molar-refractivity contribution < 1.29 is 14.3 Å². The predicted octanol–water partition coefficient (Wildman–Crippen LogP) is 2.24. The number of aromatic nitrogens is 2. The Kier molecular flexibility index (Phi) is 5.20. The van der Waals surface area contributed by atoms with E-state index in [0.29, 0.717) is 25.2 Å². The number of fused-ring (bicyclic) bond motifs is 1. The topological polar surface area (TPSA) is 76.5 Å². The number of aryl methyl sites for hydroxylation is 1. The smallest absolute Gasteiger partial charge is 0.410 e. The molecule has 1 aromatic rings. The van der Waals surface area contributed by atoms with E-state index in [9.17, 15) is 9.59 Å². The zero-order chi connectivity index (χ0) is 18.1. The molecule has 1 aromatic heterocycles. The molecule has 0 aliphatic carbocycles. The molecule has 0 bridgehead atoms. The van der Waals surface area contributed by atoms with Crippen molar-refractivity contribution in [2.45, 2.75) is 65.6 Å². The lowest BCUT2D eigenvalue weighted by molar-refractivity contribution is 0.0222. The maximum absolute atomic E-state index is 12.6. The van der Waals surface area contributed by atoms with E-state index in [-0.39, 0.29) is 18.0 Å². The van der Waals surface area contributed by atoms with E-state index >= 15 is 0 Å². The number of hydrogen-bond donors (Lipinski definition) is 1. The van der Waals surface area contributed by atoms with Crippen LogP contribution in [-0.2, 0) is 24.8 Å². The van der Waals surface area contributed by atoms with Crippen LogP contribution in [0.3, 0.4) is 0 Å². The van der Waals surface area contributed by atoms with Gasteiger partial charge in [-0.15, -0.1) is 0 Å². The molecule has 0 saturated carbocycles. The fraction of sp³-hybridized carbons (Fsp3) is 0.706. The van der Waals surface area contributed by atoms with Crippen LogP contribution in [0.2, 0.25) is 0 Å². The van der Waals surface area contributed by atoms with Crippen LogP contribution in [0.25, 0.3) is 0 Å². The minimum absolute atomic E-state index is 0.0913. The molecule has 134 valence electrons. The van der Waals surface area contributed by atoms with Crippen LogP contribution in [0.15, 0.2) is 0 Å². The largest absolute Gasteiger partial charge is 0.444 e. The average Bonchev–Trinajstić information content (AvgIpc) is 2.80. The van der Waals surface area contributed by atoms with Gasteiger partial charge in [-0.1, -0.05) is 6.92 Å². The number of rotatable bonds is 3. The van der Waals surface area contributed by atoms with Crippen molar-refractivity contribution in [2.75, 3.05) is 6.54 Å². The summed E-state index contributed by atoms with van der Waals surface area (Å²) < 4.78 is 7.05. The molecule has 7 heteroatoms. The van der Waals surface area contributed by atoms with Gasteiger partial charge < -0.3 is 15.0 Å². The minimum Gasteiger partial charge on any atom is -0.444 e. The van der Waals surface area contributed by atoms with E-state index in [4.69, 9.17) is 4.74 Å². The van der Waals surface area contributed by atoms with Gasteiger partial charge in [0.15, 0.2) is 0 Å². The Morgan fingerprint density at radius 2 is 2.04 bits per heavy atom. The third-order valence-electron chi connectivity index (χ3n) is 4.05. The number of nitrogens with one attached hydrogen (secondary N) is 1. The van der Waals surface area contributed by atoms with Gasteiger partial charge in [-0.25, -0.2) is 4.79 Å². The molecule has 0 aromatic carbocycles. The van der Waals surface area contributed by atoms with Gasteiger partial charge >= 0.3 is 6.09 Å². The maximum Gasteiger partial charge on any atom is 0.410 e. The molecular weight excluding hydrogens is 308 g/mol. The van der Waals surface area contributed by atoms with Crippen LogP contribution < -0.4 is 5.32 Å². The molecule has 0 radical (unpaired) electrons. The average molecular weight is 336 g/mol. The molecule has 0 saturated heterocycles. The van der Waals surface area contributed by atoms with Gasteiger partial charge in [0, 0.05) is 31.6 Å². The highest BCUT2D eigenvalue weighted by Crippen LogP contribution is 2.23. The van der Waals surface area contributed by atoms with Gasteiger partial charge in [0.1, 0.15) is 11.3 Å². The quantitative estimate of drug-likeness (QED) is 0.918. The lowest BCUT2D eigenvalue weighted by atomic mass is 10.0. The molecule has 1 atom stereocenters. The standard InChI is InChI=1S/C17H28N4O3/c1-7-11(2)18-15(22)14-12-10-21(16(23)24-17(3,4)5)9-8-13(12)19-20(14)6/h11H,7-10H2,1-6H3,(H,18,22). The molecule has 0 spiro atoms. The summed E-state index contributed by atoms with van der Waals surface area (Å²) >= 11 is 0. The van der Waals surface area contributed by atoms with Crippen LogP contribution in [0.5, 0.6) is 0 Å². The van der Waals surface area contributed by atoms with Crippen molar-refractivity contribution in [1.29, 1.82) is 0 Å². The Balaban J connectivity index is 2.21. The molecule has 1 aliphatic heterocycles. The van der Waals surface area contributed by atoms with Gasteiger partial charge in [0.05, 0.1) is 12.2 Å². The summed E-state index contributed by atoms with van der Waals surface area (Å²) in [7, 11) is 1.77. The lowest BCUT2D eigenvalue weighted by Gasteiger charge is -2.30. The summed E-state index contributed by atoms with van der Waals surface area (Å²) in [5.41, 5.74) is 1.68. The van der Waals surface area contributed by atoms with E-state index in [0.717, 1.165) is 17.7 Å². The van der Waals surface area contributed by atoms with E-state index in [1.54, 1.807) is 16.6 Å². The van der Waals surface area contributed by atoms with E-state index < -0.39 is 5.60 Å². The second-order valence-electron chi connectivity index (χ2n) is 7.33. The summed E-state index contributed by atoms with van der Waals surface area (Å²) in [6.45, 7) is 10.4. The zero-order valence-corrected chi connectivity index (χ0v) is 15.5. The van der Waals surface area contributed by atoms with Crippen molar-refractivity contribution in [3.05, 3.63) is 17.0 Å². The second kappa shape index (κ2) is 6.83. The van der Waals surface area contributed by atoms with E-state index in [1.807, 2.05) is 34.6 Å². The van der Waals surface area contributed by atoms with Gasteiger partial charge in [-0.3, -0.25) is 9.48 Å².